The summed E-state index contributed by atoms with van der Waals surface area (Å²) in [7, 11) is 0. The Labute approximate surface area is 119 Å². The van der Waals surface area contributed by atoms with E-state index in [1.54, 1.807) is 30.3 Å². The van der Waals surface area contributed by atoms with Crippen LogP contribution in [-0.2, 0) is 0 Å². The van der Waals surface area contributed by atoms with Crippen molar-refractivity contribution in [1.82, 2.24) is 0 Å². The van der Waals surface area contributed by atoms with Gasteiger partial charge in [0.1, 0.15) is 11.9 Å². The third-order valence-electron chi connectivity index (χ3n) is 2.79. The molecule has 0 fully saturated rings. The van der Waals surface area contributed by atoms with E-state index < -0.39 is 10.9 Å². The van der Waals surface area contributed by atoms with Crippen LogP contribution in [0.2, 0.25) is 0 Å². The molecule has 0 spiro atoms. The molecule has 2 nitrogen and oxygen atoms in total. The summed E-state index contributed by atoms with van der Waals surface area (Å²) in [6, 6.07) is 14.2. The van der Waals surface area contributed by atoms with Crippen molar-refractivity contribution in [2.75, 3.05) is 0 Å². The minimum absolute atomic E-state index is 0.354. The molecule has 0 amide bonds. The topological polar surface area (TPSA) is 37.3 Å². The Morgan fingerprint density at radius 1 is 1.05 bits per heavy atom. The van der Waals surface area contributed by atoms with Crippen LogP contribution in [-0.4, -0.2) is 17.0 Å². The maximum absolute atomic E-state index is 12.8. The van der Waals surface area contributed by atoms with Gasteiger partial charge in [-0.1, -0.05) is 58.4 Å². The fourth-order valence-electron chi connectivity index (χ4n) is 1.74. The number of hydrogen-bond acceptors (Lipinski definition) is 2. The molecule has 4 heteroatoms. The van der Waals surface area contributed by atoms with E-state index in [1.807, 2.05) is 0 Å². The van der Waals surface area contributed by atoms with Gasteiger partial charge in [0.15, 0.2) is 5.78 Å². The number of ketones is 1. The van der Waals surface area contributed by atoms with E-state index in [9.17, 15) is 14.3 Å². The maximum atomic E-state index is 12.8. The van der Waals surface area contributed by atoms with Crippen LogP contribution >= 0.6 is 15.9 Å². The molecule has 0 aromatic heterocycles. The van der Waals surface area contributed by atoms with Crippen LogP contribution in [0.25, 0.3) is 0 Å². The molecule has 2 atom stereocenters. The highest BCUT2D eigenvalue weighted by atomic mass is 79.9. The van der Waals surface area contributed by atoms with Crippen LogP contribution in [0.3, 0.4) is 0 Å². The zero-order valence-corrected chi connectivity index (χ0v) is 11.5. The molecule has 2 aromatic carbocycles. The SMILES string of the molecule is O=C(c1ccccc1)[C@@H](O)[C@H](Br)c1ccc(F)cc1. The molecule has 0 saturated heterocycles. The molecule has 0 unspecified atom stereocenters. The minimum Gasteiger partial charge on any atom is -0.383 e. The van der Waals surface area contributed by atoms with Crippen LogP contribution in [0.1, 0.15) is 20.7 Å². The molecule has 0 aliphatic heterocycles. The molecule has 2 aromatic rings. The zero-order valence-electron chi connectivity index (χ0n) is 9.96. The van der Waals surface area contributed by atoms with Gasteiger partial charge in [-0.25, -0.2) is 4.39 Å². The van der Waals surface area contributed by atoms with Crippen molar-refractivity contribution in [2.45, 2.75) is 10.9 Å². The third-order valence-corrected chi connectivity index (χ3v) is 3.82. The molecule has 0 heterocycles. The first kappa shape index (κ1) is 13.9. The van der Waals surface area contributed by atoms with E-state index in [4.69, 9.17) is 0 Å². The van der Waals surface area contributed by atoms with Gasteiger partial charge in [0, 0.05) is 5.56 Å². The van der Waals surface area contributed by atoms with Gasteiger partial charge in [0.2, 0.25) is 0 Å². The summed E-state index contributed by atoms with van der Waals surface area (Å²) in [5.74, 6) is -0.723. The van der Waals surface area contributed by atoms with E-state index in [0.717, 1.165) is 0 Å². The number of rotatable bonds is 4. The van der Waals surface area contributed by atoms with Gasteiger partial charge in [-0.05, 0) is 17.7 Å². The van der Waals surface area contributed by atoms with E-state index in [1.165, 1.54) is 24.3 Å². The van der Waals surface area contributed by atoms with Crippen LogP contribution in [0.15, 0.2) is 54.6 Å². The summed E-state index contributed by atoms with van der Waals surface area (Å²) >= 11 is 3.28. The Morgan fingerprint density at radius 2 is 1.63 bits per heavy atom. The lowest BCUT2D eigenvalue weighted by Crippen LogP contribution is -2.25. The quantitative estimate of drug-likeness (QED) is 0.691. The van der Waals surface area contributed by atoms with Gasteiger partial charge < -0.3 is 5.11 Å². The van der Waals surface area contributed by atoms with Crippen LogP contribution in [0.4, 0.5) is 4.39 Å². The number of halogens is 2. The largest absolute Gasteiger partial charge is 0.383 e. The van der Waals surface area contributed by atoms with Crippen molar-refractivity contribution in [3.05, 3.63) is 71.5 Å². The smallest absolute Gasteiger partial charge is 0.192 e. The lowest BCUT2D eigenvalue weighted by molar-refractivity contribution is 0.0746. The lowest BCUT2D eigenvalue weighted by atomic mass is 10.00. The average Bonchev–Trinajstić information content (AvgIpc) is 2.46. The molecule has 0 saturated carbocycles. The molecule has 0 bridgehead atoms. The molecule has 19 heavy (non-hydrogen) atoms. The van der Waals surface area contributed by atoms with Crippen molar-refractivity contribution in [3.8, 4) is 0 Å². The number of Topliss-reactive ketones (excluding diaryl/α,β-unsaturated/α-hetero) is 1. The van der Waals surface area contributed by atoms with Crippen molar-refractivity contribution < 1.29 is 14.3 Å². The van der Waals surface area contributed by atoms with Gasteiger partial charge in [-0.3, -0.25) is 4.79 Å². The first-order valence-electron chi connectivity index (χ1n) is 5.76. The molecule has 0 radical (unpaired) electrons. The normalized spacial score (nSPS) is 13.8. The minimum atomic E-state index is -1.21. The second-order valence-electron chi connectivity index (χ2n) is 4.13. The van der Waals surface area contributed by atoms with Crippen molar-refractivity contribution >= 4 is 21.7 Å². The Bertz CT molecular complexity index is 554. The fraction of sp³-hybridized carbons (Fsp3) is 0.133. The van der Waals surface area contributed by atoms with Gasteiger partial charge >= 0.3 is 0 Å². The van der Waals surface area contributed by atoms with Gasteiger partial charge in [-0.15, -0.1) is 0 Å². The summed E-state index contributed by atoms with van der Waals surface area (Å²) in [5.41, 5.74) is 1.10. The van der Waals surface area contributed by atoms with Crippen molar-refractivity contribution in [1.29, 1.82) is 0 Å². The van der Waals surface area contributed by atoms with E-state index >= 15 is 0 Å². The van der Waals surface area contributed by atoms with Gasteiger partial charge in [0.05, 0.1) is 4.83 Å². The number of aliphatic hydroxyl groups excluding tert-OH is 1. The summed E-state index contributed by atoms with van der Waals surface area (Å²) in [6.07, 6.45) is -1.21. The predicted molar refractivity (Wildman–Crippen MR) is 74.8 cm³/mol. The van der Waals surface area contributed by atoms with Crippen LogP contribution < -0.4 is 0 Å². The van der Waals surface area contributed by atoms with Crippen molar-refractivity contribution in [3.63, 3.8) is 0 Å². The van der Waals surface area contributed by atoms with Gasteiger partial charge in [-0.2, -0.15) is 0 Å². The van der Waals surface area contributed by atoms with E-state index in [-0.39, 0.29) is 11.6 Å². The average molecular weight is 323 g/mol. The number of carbonyl (C=O) groups excluding carboxylic acids is 1. The van der Waals surface area contributed by atoms with Crippen LogP contribution in [0, 0.1) is 5.82 Å². The second-order valence-corrected chi connectivity index (χ2v) is 5.11. The monoisotopic (exact) mass is 322 g/mol. The molecule has 0 aliphatic rings. The Hall–Kier alpha value is -1.52. The Kier molecular flexibility index (Phi) is 4.45. The molecule has 98 valence electrons. The standard InChI is InChI=1S/C15H12BrFO2/c16-13(10-6-8-12(17)9-7-10)15(19)14(18)11-4-2-1-3-5-11/h1-9,13,15,19H/t13-,15+/m1/s1. The number of aliphatic hydroxyl groups is 1. The predicted octanol–water partition coefficient (Wildman–Crippen LogP) is 3.51. The lowest BCUT2D eigenvalue weighted by Gasteiger charge is -2.16. The first-order valence-corrected chi connectivity index (χ1v) is 6.68. The highest BCUT2D eigenvalue weighted by Crippen LogP contribution is 2.28. The first-order chi connectivity index (χ1) is 9.09. The van der Waals surface area contributed by atoms with Crippen LogP contribution in [0.5, 0.6) is 0 Å². The molecule has 1 N–H and O–H groups in total. The van der Waals surface area contributed by atoms with E-state index in [0.29, 0.717) is 11.1 Å². The Balaban J connectivity index is 2.17. The molecule has 0 aliphatic carbocycles. The molecule has 2 rings (SSSR count). The highest BCUT2D eigenvalue weighted by Gasteiger charge is 2.26. The summed E-state index contributed by atoms with van der Waals surface area (Å²) < 4.78 is 12.8. The number of carbonyl (C=O) groups is 1. The summed E-state index contributed by atoms with van der Waals surface area (Å²) in [4.78, 5) is 11.5. The van der Waals surface area contributed by atoms with Crippen molar-refractivity contribution in [2.24, 2.45) is 0 Å². The molecular weight excluding hydrogens is 311 g/mol. The second kappa shape index (κ2) is 6.08. The Morgan fingerprint density at radius 3 is 2.21 bits per heavy atom. The summed E-state index contributed by atoms with van der Waals surface area (Å²) in [5, 5.41) is 10.1. The maximum Gasteiger partial charge on any atom is 0.192 e. The number of alkyl halides is 1. The highest BCUT2D eigenvalue weighted by molar-refractivity contribution is 9.09. The fourth-order valence-corrected chi connectivity index (χ4v) is 2.28. The number of hydrogen-bond donors (Lipinski definition) is 1. The number of benzene rings is 2. The summed E-state index contributed by atoms with van der Waals surface area (Å²) in [6.45, 7) is 0. The molecular formula is C15H12BrFO2. The van der Waals surface area contributed by atoms with Gasteiger partial charge in [0.25, 0.3) is 0 Å². The zero-order chi connectivity index (χ0) is 13.8. The van der Waals surface area contributed by atoms with E-state index in [2.05, 4.69) is 15.9 Å². The third kappa shape index (κ3) is 3.28.